The number of benzene rings is 1. The fourth-order valence-corrected chi connectivity index (χ4v) is 2.06. The van der Waals surface area contributed by atoms with Crippen LogP contribution < -0.4 is 21.3 Å². The molecule has 132 valence electrons. The minimum absolute atomic E-state index is 0.139. The van der Waals surface area contributed by atoms with E-state index in [4.69, 9.17) is 4.42 Å². The van der Waals surface area contributed by atoms with Gasteiger partial charge < -0.3 is 20.4 Å². The average molecular weight is 344 g/mol. The van der Waals surface area contributed by atoms with Gasteiger partial charge in [-0.3, -0.25) is 14.9 Å². The summed E-state index contributed by atoms with van der Waals surface area (Å²) in [5, 5.41) is 10.2. The van der Waals surface area contributed by atoms with Crippen molar-refractivity contribution in [2.24, 2.45) is 0 Å². The van der Waals surface area contributed by atoms with Crippen molar-refractivity contribution in [3.8, 4) is 0 Å². The van der Waals surface area contributed by atoms with Gasteiger partial charge in [0.15, 0.2) is 0 Å². The van der Waals surface area contributed by atoms with Gasteiger partial charge in [-0.05, 0) is 31.2 Å². The molecule has 25 heavy (non-hydrogen) atoms. The summed E-state index contributed by atoms with van der Waals surface area (Å²) in [6.45, 7) is 2.29. The van der Waals surface area contributed by atoms with E-state index in [9.17, 15) is 14.4 Å². The second-order valence-corrected chi connectivity index (χ2v) is 5.07. The van der Waals surface area contributed by atoms with E-state index < -0.39 is 11.9 Å². The Morgan fingerprint density at radius 2 is 1.84 bits per heavy atom. The van der Waals surface area contributed by atoms with Crippen LogP contribution in [0, 0.1) is 0 Å². The van der Waals surface area contributed by atoms with Crippen LogP contribution >= 0.6 is 0 Å². The van der Waals surface area contributed by atoms with E-state index in [2.05, 4.69) is 21.3 Å². The number of carbonyl (C=O) groups excluding carboxylic acids is 3. The monoisotopic (exact) mass is 344 g/mol. The van der Waals surface area contributed by atoms with Crippen LogP contribution in [0.4, 0.5) is 10.5 Å². The van der Waals surface area contributed by atoms with E-state index in [1.807, 2.05) is 0 Å². The SMILES string of the molecule is CCNC(=O)NC(=O)CNc1ccccc1C(=O)NCc1ccco1. The third-order valence-corrected chi connectivity index (χ3v) is 3.20. The number of anilines is 1. The first-order valence-corrected chi connectivity index (χ1v) is 7.81. The molecular weight excluding hydrogens is 324 g/mol. The molecule has 1 heterocycles. The van der Waals surface area contributed by atoms with Gasteiger partial charge in [0.25, 0.3) is 5.91 Å². The minimum atomic E-state index is -0.557. The minimum Gasteiger partial charge on any atom is -0.467 e. The molecule has 0 fully saturated rings. The topological polar surface area (TPSA) is 112 Å². The largest absolute Gasteiger partial charge is 0.467 e. The van der Waals surface area contributed by atoms with Crippen LogP contribution in [0.15, 0.2) is 47.1 Å². The average Bonchev–Trinajstić information content (AvgIpc) is 3.12. The number of amides is 4. The highest BCUT2D eigenvalue weighted by atomic mass is 16.3. The third-order valence-electron chi connectivity index (χ3n) is 3.20. The van der Waals surface area contributed by atoms with Crippen molar-refractivity contribution in [1.82, 2.24) is 16.0 Å². The molecular formula is C17H20N4O4. The maximum absolute atomic E-state index is 12.3. The number of hydrogen-bond acceptors (Lipinski definition) is 5. The Balaban J connectivity index is 1.92. The van der Waals surface area contributed by atoms with E-state index in [0.29, 0.717) is 23.6 Å². The second-order valence-electron chi connectivity index (χ2n) is 5.07. The Morgan fingerprint density at radius 3 is 2.56 bits per heavy atom. The molecule has 4 N–H and O–H groups in total. The van der Waals surface area contributed by atoms with Gasteiger partial charge in [-0.15, -0.1) is 0 Å². The van der Waals surface area contributed by atoms with Crippen LogP contribution in [0.1, 0.15) is 23.0 Å². The van der Waals surface area contributed by atoms with Gasteiger partial charge in [-0.25, -0.2) is 4.79 Å². The summed E-state index contributed by atoms with van der Waals surface area (Å²) in [7, 11) is 0. The zero-order valence-electron chi connectivity index (χ0n) is 13.8. The van der Waals surface area contributed by atoms with Crippen LogP contribution in [0.2, 0.25) is 0 Å². The van der Waals surface area contributed by atoms with Crippen LogP contribution in [-0.2, 0) is 11.3 Å². The molecule has 0 bridgehead atoms. The molecule has 0 spiro atoms. The van der Waals surface area contributed by atoms with Crippen molar-refractivity contribution < 1.29 is 18.8 Å². The normalized spacial score (nSPS) is 9.96. The molecule has 0 aliphatic carbocycles. The Morgan fingerprint density at radius 1 is 1.04 bits per heavy atom. The molecule has 0 aliphatic heterocycles. The fraction of sp³-hybridized carbons (Fsp3) is 0.235. The number of rotatable bonds is 7. The lowest BCUT2D eigenvalue weighted by atomic mass is 10.1. The smallest absolute Gasteiger partial charge is 0.321 e. The molecule has 0 unspecified atom stereocenters. The van der Waals surface area contributed by atoms with Gasteiger partial charge in [0.1, 0.15) is 5.76 Å². The molecule has 0 saturated heterocycles. The van der Waals surface area contributed by atoms with Crippen LogP contribution in [0.5, 0.6) is 0 Å². The summed E-state index contributed by atoms with van der Waals surface area (Å²) >= 11 is 0. The molecule has 2 rings (SSSR count). The summed E-state index contributed by atoms with van der Waals surface area (Å²) < 4.78 is 5.16. The van der Waals surface area contributed by atoms with Crippen LogP contribution in [-0.4, -0.2) is 30.9 Å². The van der Waals surface area contributed by atoms with Gasteiger partial charge in [-0.2, -0.15) is 0 Å². The van der Waals surface area contributed by atoms with Gasteiger partial charge in [0, 0.05) is 12.2 Å². The number of para-hydroxylation sites is 1. The number of carbonyl (C=O) groups is 3. The number of hydrogen-bond donors (Lipinski definition) is 4. The Labute approximate surface area is 145 Å². The highest BCUT2D eigenvalue weighted by Crippen LogP contribution is 2.14. The predicted molar refractivity (Wildman–Crippen MR) is 92.0 cm³/mol. The molecule has 2 aromatic rings. The zero-order valence-corrected chi connectivity index (χ0v) is 13.8. The van der Waals surface area contributed by atoms with Gasteiger partial charge in [-0.1, -0.05) is 12.1 Å². The lowest BCUT2D eigenvalue weighted by molar-refractivity contribution is -0.118. The standard InChI is InChI=1S/C17H20N4O4/c1-2-18-17(24)21-15(22)11-19-14-8-4-3-7-13(14)16(23)20-10-12-6-5-9-25-12/h3-9,19H,2,10-11H2,1H3,(H,20,23)(H2,18,21,22,24). The lowest BCUT2D eigenvalue weighted by Gasteiger charge is -2.12. The van der Waals surface area contributed by atoms with Gasteiger partial charge >= 0.3 is 6.03 Å². The maximum atomic E-state index is 12.3. The van der Waals surface area contributed by atoms with E-state index in [1.54, 1.807) is 43.3 Å². The highest BCUT2D eigenvalue weighted by molar-refractivity contribution is 6.01. The summed E-state index contributed by atoms with van der Waals surface area (Å²) in [5.74, 6) is -0.166. The molecule has 0 atom stereocenters. The lowest BCUT2D eigenvalue weighted by Crippen LogP contribution is -2.41. The van der Waals surface area contributed by atoms with Crippen molar-refractivity contribution in [3.63, 3.8) is 0 Å². The highest BCUT2D eigenvalue weighted by Gasteiger charge is 2.13. The van der Waals surface area contributed by atoms with E-state index >= 15 is 0 Å². The zero-order chi connectivity index (χ0) is 18.1. The van der Waals surface area contributed by atoms with Crippen LogP contribution in [0.3, 0.4) is 0 Å². The van der Waals surface area contributed by atoms with Crippen LogP contribution in [0.25, 0.3) is 0 Å². The molecule has 8 nitrogen and oxygen atoms in total. The van der Waals surface area contributed by atoms with Crippen molar-refractivity contribution in [2.75, 3.05) is 18.4 Å². The first-order chi connectivity index (χ1) is 12.1. The molecule has 0 saturated carbocycles. The second kappa shape index (κ2) is 9.11. The molecule has 4 amide bonds. The molecule has 1 aromatic heterocycles. The third kappa shape index (κ3) is 5.69. The summed E-state index contributed by atoms with van der Waals surface area (Å²) in [6, 6.07) is 9.73. The molecule has 8 heteroatoms. The first-order valence-electron chi connectivity index (χ1n) is 7.81. The van der Waals surface area contributed by atoms with E-state index in [0.717, 1.165) is 0 Å². The number of imide groups is 1. The van der Waals surface area contributed by atoms with E-state index in [1.165, 1.54) is 6.26 Å². The maximum Gasteiger partial charge on any atom is 0.321 e. The van der Waals surface area contributed by atoms with Gasteiger partial charge in [0.05, 0.1) is 24.9 Å². The molecule has 0 radical (unpaired) electrons. The Bertz CT molecular complexity index is 728. The van der Waals surface area contributed by atoms with Crippen molar-refractivity contribution >= 4 is 23.5 Å². The van der Waals surface area contributed by atoms with Crippen molar-refractivity contribution in [2.45, 2.75) is 13.5 Å². The summed E-state index contributed by atoms with van der Waals surface area (Å²) in [4.78, 5) is 35.3. The molecule has 0 aliphatic rings. The summed E-state index contributed by atoms with van der Waals surface area (Å²) in [5.41, 5.74) is 0.880. The van der Waals surface area contributed by atoms with Crippen molar-refractivity contribution in [1.29, 1.82) is 0 Å². The molecule has 1 aromatic carbocycles. The quantitative estimate of drug-likeness (QED) is 0.607. The predicted octanol–water partition coefficient (Wildman–Crippen LogP) is 1.47. The Kier molecular flexibility index (Phi) is 6.58. The number of urea groups is 1. The Hall–Kier alpha value is -3.29. The number of nitrogens with one attached hydrogen (secondary N) is 4. The fourth-order valence-electron chi connectivity index (χ4n) is 2.06. The summed E-state index contributed by atoms with van der Waals surface area (Å²) in [6.07, 6.45) is 1.53. The van der Waals surface area contributed by atoms with E-state index in [-0.39, 0.29) is 19.0 Å². The van der Waals surface area contributed by atoms with Crippen molar-refractivity contribution in [3.05, 3.63) is 54.0 Å². The number of furan rings is 1. The van der Waals surface area contributed by atoms with Gasteiger partial charge in [0.2, 0.25) is 5.91 Å². The first kappa shape index (κ1) is 18.1.